The average molecular weight is 375 g/mol. The van der Waals surface area contributed by atoms with Crippen molar-refractivity contribution in [3.63, 3.8) is 0 Å². The number of nitrogens with zero attached hydrogens (tertiary/aromatic N) is 1. The smallest absolute Gasteiger partial charge is 0.262 e. The highest BCUT2D eigenvalue weighted by Gasteiger charge is 2.43. The molecule has 0 saturated carbocycles. The first-order chi connectivity index (χ1) is 11.5. The number of benzene rings is 1. The first-order valence-corrected chi connectivity index (χ1v) is 8.59. The maximum atomic E-state index is 13.2. The second-order valence-corrected chi connectivity index (χ2v) is 6.62. The van der Waals surface area contributed by atoms with Crippen molar-refractivity contribution in [2.75, 3.05) is 26.2 Å². The zero-order valence-corrected chi connectivity index (χ0v) is 14.9. The molecule has 140 valence electrons. The normalized spacial score (nSPS) is 23.3. The van der Waals surface area contributed by atoms with E-state index in [1.165, 1.54) is 5.56 Å². The summed E-state index contributed by atoms with van der Waals surface area (Å²) in [7, 11) is 0. The number of hydrogen-bond donors (Lipinski definition) is 1. The molecule has 25 heavy (non-hydrogen) atoms. The Morgan fingerprint density at radius 2 is 1.92 bits per heavy atom. The molecule has 0 radical (unpaired) electrons. The van der Waals surface area contributed by atoms with Gasteiger partial charge in [0.05, 0.1) is 25.3 Å². The van der Waals surface area contributed by atoms with Gasteiger partial charge in [-0.05, 0) is 24.8 Å². The number of nitrogens with one attached hydrogen (secondary N) is 1. The van der Waals surface area contributed by atoms with Gasteiger partial charge >= 0.3 is 0 Å². The van der Waals surface area contributed by atoms with Crippen LogP contribution in [0.3, 0.4) is 0 Å². The molecule has 0 aliphatic carbocycles. The van der Waals surface area contributed by atoms with Gasteiger partial charge in [-0.3, -0.25) is 10.1 Å². The summed E-state index contributed by atoms with van der Waals surface area (Å²) in [5, 5.41) is 2.64. The third-order valence-electron chi connectivity index (χ3n) is 4.75. The van der Waals surface area contributed by atoms with Crippen LogP contribution in [0.25, 0.3) is 0 Å². The second-order valence-electron chi connectivity index (χ2n) is 6.62. The monoisotopic (exact) mass is 374 g/mol. The van der Waals surface area contributed by atoms with Gasteiger partial charge in [0.1, 0.15) is 0 Å². The standard InChI is InChI=1S/C18H24F2N2O2.ClH/c19-18(20)12-16(21-13-18)17(23)22-9-6-15(7-10-22)24-11-8-14-4-2-1-3-5-14;/h1-5,15-16,21H,6-13H2;1H. The van der Waals surface area contributed by atoms with Crippen LogP contribution in [0.1, 0.15) is 24.8 Å². The summed E-state index contributed by atoms with van der Waals surface area (Å²) in [6.45, 7) is 1.43. The summed E-state index contributed by atoms with van der Waals surface area (Å²) >= 11 is 0. The zero-order chi connectivity index (χ0) is 17.0. The Bertz CT molecular complexity index is 551. The lowest BCUT2D eigenvalue weighted by Gasteiger charge is -2.33. The number of carbonyl (C=O) groups is 1. The maximum Gasteiger partial charge on any atom is 0.262 e. The molecule has 1 aromatic rings. The van der Waals surface area contributed by atoms with E-state index in [4.69, 9.17) is 4.74 Å². The second kappa shape index (κ2) is 8.92. The van der Waals surface area contributed by atoms with E-state index in [1.807, 2.05) is 18.2 Å². The number of rotatable bonds is 5. The van der Waals surface area contributed by atoms with Gasteiger partial charge in [-0.1, -0.05) is 30.3 Å². The lowest BCUT2D eigenvalue weighted by molar-refractivity contribution is -0.136. The first-order valence-electron chi connectivity index (χ1n) is 8.59. The van der Waals surface area contributed by atoms with Gasteiger partial charge in [-0.2, -0.15) is 0 Å². The van der Waals surface area contributed by atoms with E-state index in [9.17, 15) is 13.6 Å². The van der Waals surface area contributed by atoms with Crippen molar-refractivity contribution < 1.29 is 18.3 Å². The van der Waals surface area contributed by atoms with E-state index in [2.05, 4.69) is 17.4 Å². The Labute approximate surface area is 153 Å². The number of hydrogen-bond acceptors (Lipinski definition) is 3. The molecule has 1 N–H and O–H groups in total. The highest BCUT2D eigenvalue weighted by atomic mass is 35.5. The van der Waals surface area contributed by atoms with Gasteiger partial charge in [0.25, 0.3) is 5.92 Å². The van der Waals surface area contributed by atoms with E-state index < -0.39 is 18.5 Å². The number of likely N-dealkylation sites (tertiary alicyclic amines) is 1. The van der Waals surface area contributed by atoms with Crippen molar-refractivity contribution in [1.29, 1.82) is 0 Å². The highest BCUT2D eigenvalue weighted by Crippen LogP contribution is 2.27. The number of halogens is 3. The molecule has 2 aliphatic heterocycles. The summed E-state index contributed by atoms with van der Waals surface area (Å²) in [6, 6.07) is 9.44. The average Bonchev–Trinajstić information content (AvgIpc) is 2.96. The third-order valence-corrected chi connectivity index (χ3v) is 4.75. The summed E-state index contributed by atoms with van der Waals surface area (Å²) in [5.41, 5.74) is 1.25. The van der Waals surface area contributed by atoms with E-state index in [1.54, 1.807) is 4.90 Å². The lowest BCUT2D eigenvalue weighted by atomic mass is 10.1. The molecule has 7 heteroatoms. The number of piperidine rings is 1. The molecular weight excluding hydrogens is 350 g/mol. The van der Waals surface area contributed by atoms with Crippen LogP contribution >= 0.6 is 12.4 Å². The van der Waals surface area contributed by atoms with Crippen LogP contribution in [0.2, 0.25) is 0 Å². The molecule has 1 unspecified atom stereocenters. The molecule has 2 fully saturated rings. The van der Waals surface area contributed by atoms with Crippen LogP contribution in [0.4, 0.5) is 8.78 Å². The van der Waals surface area contributed by atoms with E-state index in [0.29, 0.717) is 19.7 Å². The van der Waals surface area contributed by atoms with Gasteiger partial charge in [0.2, 0.25) is 5.91 Å². The van der Waals surface area contributed by atoms with Crippen molar-refractivity contribution in [3.8, 4) is 0 Å². The van der Waals surface area contributed by atoms with Gasteiger partial charge in [0.15, 0.2) is 0 Å². The van der Waals surface area contributed by atoms with Crippen LogP contribution in [0.15, 0.2) is 30.3 Å². The van der Waals surface area contributed by atoms with E-state index in [0.717, 1.165) is 19.3 Å². The topological polar surface area (TPSA) is 41.6 Å². The van der Waals surface area contributed by atoms with Crippen molar-refractivity contribution in [3.05, 3.63) is 35.9 Å². The first kappa shape index (κ1) is 20.1. The summed E-state index contributed by atoms with van der Waals surface area (Å²) in [5.74, 6) is -2.96. The van der Waals surface area contributed by atoms with Crippen molar-refractivity contribution in [1.82, 2.24) is 10.2 Å². The Balaban J connectivity index is 0.00000225. The van der Waals surface area contributed by atoms with Gasteiger partial charge < -0.3 is 9.64 Å². The number of amides is 1. The third kappa shape index (κ3) is 5.62. The molecule has 0 spiro atoms. The molecular formula is C18H25ClF2N2O2. The Morgan fingerprint density at radius 3 is 2.52 bits per heavy atom. The van der Waals surface area contributed by atoms with E-state index in [-0.39, 0.29) is 30.8 Å². The van der Waals surface area contributed by atoms with Crippen molar-refractivity contribution in [2.24, 2.45) is 0 Å². The molecule has 1 aromatic carbocycles. The minimum absolute atomic E-state index is 0. The fraction of sp³-hybridized carbons (Fsp3) is 0.611. The number of ether oxygens (including phenoxy) is 1. The Kier molecular flexibility index (Phi) is 7.16. The van der Waals surface area contributed by atoms with Crippen LogP contribution in [-0.2, 0) is 16.0 Å². The van der Waals surface area contributed by atoms with Crippen LogP contribution in [0.5, 0.6) is 0 Å². The fourth-order valence-electron chi connectivity index (χ4n) is 3.34. The zero-order valence-electron chi connectivity index (χ0n) is 14.1. The fourth-order valence-corrected chi connectivity index (χ4v) is 3.34. The predicted molar refractivity (Wildman–Crippen MR) is 94.3 cm³/mol. The Hall–Kier alpha value is -1.24. The van der Waals surface area contributed by atoms with E-state index >= 15 is 0 Å². The number of carbonyl (C=O) groups excluding carboxylic acids is 1. The highest BCUT2D eigenvalue weighted by molar-refractivity contribution is 5.85. The summed E-state index contributed by atoms with van der Waals surface area (Å²) in [6.07, 6.45) is 2.17. The molecule has 1 amide bonds. The quantitative estimate of drug-likeness (QED) is 0.861. The maximum absolute atomic E-state index is 13.2. The Morgan fingerprint density at radius 1 is 1.24 bits per heavy atom. The molecule has 2 saturated heterocycles. The molecule has 4 nitrogen and oxygen atoms in total. The van der Waals surface area contributed by atoms with Gasteiger partial charge in [0, 0.05) is 19.5 Å². The molecule has 2 aliphatic rings. The summed E-state index contributed by atoms with van der Waals surface area (Å²) < 4.78 is 32.3. The molecule has 3 rings (SSSR count). The molecule has 0 bridgehead atoms. The molecule has 2 heterocycles. The van der Waals surface area contributed by atoms with Crippen molar-refractivity contribution >= 4 is 18.3 Å². The van der Waals surface area contributed by atoms with Crippen LogP contribution in [0, 0.1) is 0 Å². The van der Waals surface area contributed by atoms with Gasteiger partial charge in [-0.15, -0.1) is 12.4 Å². The SMILES string of the molecule is Cl.O=C(C1CC(F)(F)CN1)N1CCC(OCCc2ccccc2)CC1. The minimum Gasteiger partial charge on any atom is -0.378 e. The van der Waals surface area contributed by atoms with Crippen LogP contribution in [-0.4, -0.2) is 55.1 Å². The molecule has 0 aromatic heterocycles. The largest absolute Gasteiger partial charge is 0.378 e. The van der Waals surface area contributed by atoms with Crippen LogP contribution < -0.4 is 5.32 Å². The lowest BCUT2D eigenvalue weighted by Crippen LogP contribution is -2.48. The number of alkyl halides is 2. The van der Waals surface area contributed by atoms with Crippen molar-refractivity contribution in [2.45, 2.75) is 43.8 Å². The summed E-state index contributed by atoms with van der Waals surface area (Å²) in [4.78, 5) is 14.0. The molecule has 1 atom stereocenters. The minimum atomic E-state index is -2.76. The predicted octanol–water partition coefficient (Wildman–Crippen LogP) is 2.66. The van der Waals surface area contributed by atoms with Gasteiger partial charge in [-0.25, -0.2) is 8.78 Å².